The summed E-state index contributed by atoms with van der Waals surface area (Å²) in [6, 6.07) is 13.0. The minimum absolute atomic E-state index is 0.0463. The second-order valence-electron chi connectivity index (χ2n) is 7.30. The molecule has 1 aliphatic rings. The fourth-order valence-electron chi connectivity index (χ4n) is 3.17. The first-order chi connectivity index (χ1) is 13.4. The van der Waals surface area contributed by atoms with Crippen molar-refractivity contribution in [1.82, 2.24) is 10.2 Å². The number of halogens is 1. The van der Waals surface area contributed by atoms with Crippen molar-refractivity contribution in [3.05, 3.63) is 69.9 Å². The summed E-state index contributed by atoms with van der Waals surface area (Å²) in [6.07, 6.45) is 2.12. The number of fused-ring (bicyclic) bond motifs is 1. The Kier molecular flexibility index (Phi) is 4.85. The smallest absolute Gasteiger partial charge is 0.289 e. The number of nitrogens with one attached hydrogen (secondary N) is 1. The van der Waals surface area contributed by atoms with Gasteiger partial charge >= 0.3 is 0 Å². The fourth-order valence-corrected chi connectivity index (χ4v) is 3.35. The van der Waals surface area contributed by atoms with Gasteiger partial charge in [-0.2, -0.15) is 0 Å². The first-order valence-electron chi connectivity index (χ1n) is 9.26. The van der Waals surface area contributed by atoms with Crippen molar-refractivity contribution in [1.29, 1.82) is 0 Å². The highest BCUT2D eigenvalue weighted by Gasteiger charge is 2.24. The molecule has 2 amide bonds. The van der Waals surface area contributed by atoms with Gasteiger partial charge in [0.1, 0.15) is 5.58 Å². The molecule has 1 N–H and O–H groups in total. The number of rotatable bonds is 5. The molecule has 1 aromatic heterocycles. The zero-order valence-corrected chi connectivity index (χ0v) is 16.5. The summed E-state index contributed by atoms with van der Waals surface area (Å²) < 4.78 is 5.77. The van der Waals surface area contributed by atoms with Crippen LogP contribution in [0.2, 0.25) is 5.02 Å². The van der Waals surface area contributed by atoms with E-state index in [4.69, 9.17) is 16.0 Å². The molecule has 28 heavy (non-hydrogen) atoms. The van der Waals surface area contributed by atoms with Gasteiger partial charge in [-0.15, -0.1) is 0 Å². The van der Waals surface area contributed by atoms with E-state index in [1.165, 1.54) is 0 Å². The predicted octanol–water partition coefficient (Wildman–Crippen LogP) is 4.56. The minimum Gasteiger partial charge on any atom is -0.451 e. The molecule has 0 spiro atoms. The van der Waals surface area contributed by atoms with Gasteiger partial charge in [0.05, 0.1) is 0 Å². The molecule has 2 aromatic carbocycles. The molecule has 144 valence electrons. The van der Waals surface area contributed by atoms with Gasteiger partial charge in [-0.05, 0) is 55.7 Å². The molecular weight excluding hydrogens is 376 g/mol. The first-order valence-corrected chi connectivity index (χ1v) is 9.64. The number of benzene rings is 2. The molecule has 1 fully saturated rings. The molecule has 1 aliphatic carbocycles. The van der Waals surface area contributed by atoms with E-state index < -0.39 is 0 Å². The normalized spacial score (nSPS) is 13.5. The quantitative estimate of drug-likeness (QED) is 0.687. The molecule has 3 aromatic rings. The summed E-state index contributed by atoms with van der Waals surface area (Å²) in [5.74, 6) is 0.0793. The molecule has 0 radical (unpaired) electrons. The van der Waals surface area contributed by atoms with Crippen LogP contribution in [0, 0.1) is 6.92 Å². The van der Waals surface area contributed by atoms with Gasteiger partial charge in [0.2, 0.25) is 0 Å². The van der Waals surface area contributed by atoms with Crippen molar-refractivity contribution < 1.29 is 14.0 Å². The highest BCUT2D eigenvalue weighted by molar-refractivity contribution is 6.31. The van der Waals surface area contributed by atoms with Crippen LogP contribution in [-0.4, -0.2) is 29.8 Å². The third kappa shape index (κ3) is 3.76. The molecule has 0 unspecified atom stereocenters. The van der Waals surface area contributed by atoms with E-state index in [1.807, 2.05) is 19.1 Å². The lowest BCUT2D eigenvalue weighted by Crippen LogP contribution is -2.27. The maximum absolute atomic E-state index is 12.9. The van der Waals surface area contributed by atoms with E-state index in [9.17, 15) is 9.59 Å². The van der Waals surface area contributed by atoms with Gasteiger partial charge in [0.25, 0.3) is 11.8 Å². The topological polar surface area (TPSA) is 62.6 Å². The second-order valence-corrected chi connectivity index (χ2v) is 7.74. The summed E-state index contributed by atoms with van der Waals surface area (Å²) >= 11 is 6.05. The van der Waals surface area contributed by atoms with Crippen LogP contribution in [0.1, 0.15) is 44.9 Å². The zero-order valence-electron chi connectivity index (χ0n) is 15.8. The maximum Gasteiger partial charge on any atom is 0.289 e. The van der Waals surface area contributed by atoms with E-state index in [-0.39, 0.29) is 11.8 Å². The highest BCUT2D eigenvalue weighted by Crippen LogP contribution is 2.28. The Bertz CT molecular complexity index is 1050. The van der Waals surface area contributed by atoms with Gasteiger partial charge in [-0.1, -0.05) is 23.7 Å². The predicted molar refractivity (Wildman–Crippen MR) is 109 cm³/mol. The Labute approximate surface area is 168 Å². The van der Waals surface area contributed by atoms with Crippen LogP contribution in [0.4, 0.5) is 0 Å². The minimum atomic E-state index is -0.194. The fraction of sp³-hybridized carbons (Fsp3) is 0.273. The van der Waals surface area contributed by atoms with E-state index in [0.29, 0.717) is 34.5 Å². The van der Waals surface area contributed by atoms with Crippen molar-refractivity contribution in [2.75, 3.05) is 7.05 Å². The van der Waals surface area contributed by atoms with E-state index >= 15 is 0 Å². The molecule has 0 aliphatic heterocycles. The van der Waals surface area contributed by atoms with Crippen molar-refractivity contribution in [3.63, 3.8) is 0 Å². The summed E-state index contributed by atoms with van der Waals surface area (Å²) in [5.41, 5.74) is 3.00. The number of carbonyl (C=O) groups is 2. The summed E-state index contributed by atoms with van der Waals surface area (Å²) in [5, 5.41) is 4.42. The lowest BCUT2D eigenvalue weighted by Gasteiger charge is -2.16. The lowest BCUT2D eigenvalue weighted by atomic mass is 10.1. The van der Waals surface area contributed by atoms with E-state index in [0.717, 1.165) is 29.4 Å². The highest BCUT2D eigenvalue weighted by atomic mass is 35.5. The molecule has 0 saturated heterocycles. The lowest BCUT2D eigenvalue weighted by molar-refractivity contribution is 0.0754. The SMILES string of the molecule is Cc1c(C(=O)N(C)Cc2ccc(C(=O)NC3CC3)cc2)oc2ccc(Cl)cc12. The number of hydrogen-bond acceptors (Lipinski definition) is 3. The summed E-state index contributed by atoms with van der Waals surface area (Å²) in [6.45, 7) is 2.27. The van der Waals surface area contributed by atoms with Crippen LogP contribution in [-0.2, 0) is 6.54 Å². The summed E-state index contributed by atoms with van der Waals surface area (Å²) in [4.78, 5) is 26.5. The molecule has 0 bridgehead atoms. The largest absolute Gasteiger partial charge is 0.451 e. The second kappa shape index (κ2) is 7.32. The van der Waals surface area contributed by atoms with Crippen LogP contribution in [0.15, 0.2) is 46.9 Å². The van der Waals surface area contributed by atoms with Crippen LogP contribution in [0.5, 0.6) is 0 Å². The molecule has 4 rings (SSSR count). The number of aryl methyl sites for hydroxylation is 1. The Morgan fingerprint density at radius 1 is 1.18 bits per heavy atom. The average molecular weight is 397 g/mol. The molecule has 0 atom stereocenters. The molecule has 1 saturated carbocycles. The van der Waals surface area contributed by atoms with Gasteiger partial charge in [0, 0.05) is 41.2 Å². The molecule has 5 nitrogen and oxygen atoms in total. The maximum atomic E-state index is 12.9. The monoisotopic (exact) mass is 396 g/mol. The van der Waals surface area contributed by atoms with E-state index in [2.05, 4.69) is 5.32 Å². The van der Waals surface area contributed by atoms with Crippen molar-refractivity contribution in [2.45, 2.75) is 32.4 Å². The number of amides is 2. The number of carbonyl (C=O) groups excluding carboxylic acids is 2. The summed E-state index contributed by atoms with van der Waals surface area (Å²) in [7, 11) is 1.73. The van der Waals surface area contributed by atoms with Gasteiger partial charge in [-0.25, -0.2) is 0 Å². The van der Waals surface area contributed by atoms with Gasteiger partial charge in [0.15, 0.2) is 5.76 Å². The molecular formula is C22H21ClN2O3. The Morgan fingerprint density at radius 3 is 2.57 bits per heavy atom. The van der Waals surface area contributed by atoms with Crippen LogP contribution < -0.4 is 5.32 Å². The number of furan rings is 1. The average Bonchev–Trinajstić information content (AvgIpc) is 3.44. The standard InChI is InChI=1S/C22H21ClN2O3/c1-13-18-11-16(23)7-10-19(18)28-20(13)22(27)25(2)12-14-3-5-15(6-4-14)21(26)24-17-8-9-17/h3-7,10-11,17H,8-9,12H2,1-2H3,(H,24,26). The van der Waals surface area contributed by atoms with Crippen molar-refractivity contribution >= 4 is 34.4 Å². The molecule has 1 heterocycles. The van der Waals surface area contributed by atoms with Gasteiger partial charge in [-0.3, -0.25) is 9.59 Å². The third-order valence-electron chi connectivity index (χ3n) is 4.99. The van der Waals surface area contributed by atoms with Crippen molar-refractivity contribution in [2.24, 2.45) is 0 Å². The zero-order chi connectivity index (χ0) is 19.8. The van der Waals surface area contributed by atoms with E-state index in [1.54, 1.807) is 42.3 Å². The van der Waals surface area contributed by atoms with Gasteiger partial charge < -0.3 is 14.6 Å². The van der Waals surface area contributed by atoms with Crippen LogP contribution in [0.25, 0.3) is 11.0 Å². The third-order valence-corrected chi connectivity index (χ3v) is 5.22. The number of hydrogen-bond donors (Lipinski definition) is 1. The van der Waals surface area contributed by atoms with Crippen LogP contribution in [0.3, 0.4) is 0 Å². The Hall–Kier alpha value is -2.79. The molecule has 6 heteroatoms. The number of nitrogens with zero attached hydrogens (tertiary/aromatic N) is 1. The van der Waals surface area contributed by atoms with Crippen LogP contribution >= 0.6 is 11.6 Å². The first kappa shape index (κ1) is 18.6. The Balaban J connectivity index is 1.47. The van der Waals surface area contributed by atoms with Crippen molar-refractivity contribution in [3.8, 4) is 0 Å². The Morgan fingerprint density at radius 2 is 1.89 bits per heavy atom.